The molecular formula is C11H21NO. The first-order chi connectivity index (χ1) is 6.23. The monoisotopic (exact) mass is 183 g/mol. The van der Waals surface area contributed by atoms with Gasteiger partial charge in [-0.25, -0.2) is 0 Å². The quantitative estimate of drug-likeness (QED) is 0.619. The third-order valence-electron chi connectivity index (χ3n) is 3.68. The SMILES string of the molecule is CC1CNCC2(CCCCC2C)O1. The molecule has 1 saturated heterocycles. The summed E-state index contributed by atoms with van der Waals surface area (Å²) in [5.41, 5.74) is 0.177. The molecule has 0 bridgehead atoms. The number of ether oxygens (including phenoxy) is 1. The molecule has 3 unspecified atom stereocenters. The Bertz CT molecular complexity index is 179. The van der Waals surface area contributed by atoms with E-state index in [-0.39, 0.29) is 5.60 Å². The van der Waals surface area contributed by atoms with Crippen molar-refractivity contribution in [2.75, 3.05) is 13.1 Å². The van der Waals surface area contributed by atoms with Crippen LogP contribution in [0.5, 0.6) is 0 Å². The Morgan fingerprint density at radius 3 is 2.85 bits per heavy atom. The van der Waals surface area contributed by atoms with Crippen molar-refractivity contribution in [2.24, 2.45) is 5.92 Å². The zero-order valence-electron chi connectivity index (χ0n) is 8.81. The smallest absolute Gasteiger partial charge is 0.0835 e. The van der Waals surface area contributed by atoms with E-state index >= 15 is 0 Å². The van der Waals surface area contributed by atoms with E-state index in [4.69, 9.17) is 4.74 Å². The molecule has 0 aromatic rings. The van der Waals surface area contributed by atoms with Gasteiger partial charge in [0.15, 0.2) is 0 Å². The highest BCUT2D eigenvalue weighted by Gasteiger charge is 2.42. The predicted octanol–water partition coefficient (Wildman–Crippen LogP) is 1.94. The molecule has 0 aromatic carbocycles. The molecule has 1 aliphatic heterocycles. The molecule has 2 heteroatoms. The van der Waals surface area contributed by atoms with Gasteiger partial charge >= 0.3 is 0 Å². The average molecular weight is 183 g/mol. The van der Waals surface area contributed by atoms with Crippen molar-refractivity contribution in [3.05, 3.63) is 0 Å². The van der Waals surface area contributed by atoms with Gasteiger partial charge in [-0.15, -0.1) is 0 Å². The first-order valence-electron chi connectivity index (χ1n) is 5.61. The van der Waals surface area contributed by atoms with Crippen molar-refractivity contribution in [3.63, 3.8) is 0 Å². The normalized spacial score (nSPS) is 46.6. The molecule has 0 radical (unpaired) electrons. The summed E-state index contributed by atoms with van der Waals surface area (Å²) >= 11 is 0. The fourth-order valence-electron chi connectivity index (χ4n) is 2.79. The van der Waals surface area contributed by atoms with Crippen LogP contribution in [0, 0.1) is 5.92 Å². The van der Waals surface area contributed by atoms with Crippen LogP contribution in [0.3, 0.4) is 0 Å². The minimum atomic E-state index is 0.177. The summed E-state index contributed by atoms with van der Waals surface area (Å²) in [6, 6.07) is 0. The summed E-state index contributed by atoms with van der Waals surface area (Å²) < 4.78 is 6.16. The van der Waals surface area contributed by atoms with Gasteiger partial charge in [0.25, 0.3) is 0 Å². The number of nitrogens with one attached hydrogen (secondary N) is 1. The second kappa shape index (κ2) is 3.58. The average Bonchev–Trinajstić information content (AvgIpc) is 2.11. The molecule has 1 spiro atoms. The third-order valence-corrected chi connectivity index (χ3v) is 3.68. The van der Waals surface area contributed by atoms with Gasteiger partial charge in [0.05, 0.1) is 11.7 Å². The van der Waals surface area contributed by atoms with Crippen molar-refractivity contribution >= 4 is 0 Å². The van der Waals surface area contributed by atoms with Gasteiger partial charge in [-0.05, 0) is 25.7 Å². The first-order valence-corrected chi connectivity index (χ1v) is 5.61. The summed E-state index contributed by atoms with van der Waals surface area (Å²) in [5, 5.41) is 3.50. The molecule has 2 rings (SSSR count). The van der Waals surface area contributed by atoms with E-state index in [0.29, 0.717) is 6.10 Å². The van der Waals surface area contributed by atoms with Crippen LogP contribution in [0.4, 0.5) is 0 Å². The van der Waals surface area contributed by atoms with Crippen LogP contribution in [-0.2, 0) is 4.74 Å². The highest BCUT2D eigenvalue weighted by molar-refractivity contribution is 4.94. The molecule has 1 N–H and O–H groups in total. The van der Waals surface area contributed by atoms with Gasteiger partial charge in [-0.1, -0.05) is 19.8 Å². The van der Waals surface area contributed by atoms with Gasteiger partial charge in [-0.3, -0.25) is 0 Å². The fraction of sp³-hybridized carbons (Fsp3) is 1.00. The standard InChI is InChI=1S/C11H21NO/c1-9-5-3-4-6-11(9)8-12-7-10(2)13-11/h9-10,12H,3-8H2,1-2H3. The topological polar surface area (TPSA) is 21.3 Å². The summed E-state index contributed by atoms with van der Waals surface area (Å²) in [7, 11) is 0. The Labute approximate surface area is 81.0 Å². The van der Waals surface area contributed by atoms with Gasteiger partial charge in [0.2, 0.25) is 0 Å². The second-order valence-corrected chi connectivity index (χ2v) is 4.77. The molecule has 2 fully saturated rings. The zero-order chi connectivity index (χ0) is 9.31. The highest BCUT2D eigenvalue weighted by Crippen LogP contribution is 2.38. The van der Waals surface area contributed by atoms with E-state index in [2.05, 4.69) is 19.2 Å². The van der Waals surface area contributed by atoms with Crippen molar-refractivity contribution in [2.45, 2.75) is 51.2 Å². The predicted molar refractivity (Wildman–Crippen MR) is 53.8 cm³/mol. The van der Waals surface area contributed by atoms with Crippen molar-refractivity contribution in [1.29, 1.82) is 0 Å². The Morgan fingerprint density at radius 2 is 2.15 bits per heavy atom. The Hall–Kier alpha value is -0.0800. The van der Waals surface area contributed by atoms with Crippen LogP contribution in [0.2, 0.25) is 0 Å². The van der Waals surface area contributed by atoms with E-state index in [1.807, 2.05) is 0 Å². The third kappa shape index (κ3) is 1.75. The van der Waals surface area contributed by atoms with E-state index in [1.165, 1.54) is 25.7 Å². The van der Waals surface area contributed by atoms with Gasteiger partial charge in [0.1, 0.15) is 0 Å². The van der Waals surface area contributed by atoms with E-state index in [0.717, 1.165) is 19.0 Å². The van der Waals surface area contributed by atoms with Crippen molar-refractivity contribution < 1.29 is 4.74 Å². The lowest BCUT2D eigenvalue weighted by molar-refractivity contribution is -0.153. The van der Waals surface area contributed by atoms with Gasteiger partial charge in [-0.2, -0.15) is 0 Å². The lowest BCUT2D eigenvalue weighted by Gasteiger charge is -2.47. The fourth-order valence-corrected chi connectivity index (χ4v) is 2.79. The minimum absolute atomic E-state index is 0.177. The lowest BCUT2D eigenvalue weighted by atomic mass is 9.75. The molecule has 76 valence electrons. The first kappa shape index (κ1) is 9.47. The minimum Gasteiger partial charge on any atom is -0.369 e. The maximum absolute atomic E-state index is 6.16. The van der Waals surface area contributed by atoms with Crippen LogP contribution < -0.4 is 5.32 Å². The number of rotatable bonds is 0. The van der Waals surface area contributed by atoms with Crippen LogP contribution in [0.25, 0.3) is 0 Å². The molecule has 1 heterocycles. The molecule has 1 saturated carbocycles. The summed E-state index contributed by atoms with van der Waals surface area (Å²) in [6.45, 7) is 6.61. The molecule has 0 aromatic heterocycles. The summed E-state index contributed by atoms with van der Waals surface area (Å²) in [6.07, 6.45) is 5.73. The van der Waals surface area contributed by atoms with Crippen LogP contribution in [-0.4, -0.2) is 24.8 Å². The van der Waals surface area contributed by atoms with E-state index in [1.54, 1.807) is 0 Å². The van der Waals surface area contributed by atoms with E-state index < -0.39 is 0 Å². The zero-order valence-corrected chi connectivity index (χ0v) is 8.81. The van der Waals surface area contributed by atoms with Crippen molar-refractivity contribution in [1.82, 2.24) is 5.32 Å². The molecule has 3 atom stereocenters. The maximum atomic E-state index is 6.16. The second-order valence-electron chi connectivity index (χ2n) is 4.77. The number of hydrogen-bond acceptors (Lipinski definition) is 2. The van der Waals surface area contributed by atoms with Crippen molar-refractivity contribution in [3.8, 4) is 0 Å². The van der Waals surface area contributed by atoms with Gasteiger partial charge < -0.3 is 10.1 Å². The lowest BCUT2D eigenvalue weighted by Crippen LogP contribution is -2.57. The van der Waals surface area contributed by atoms with E-state index in [9.17, 15) is 0 Å². The molecule has 0 amide bonds. The van der Waals surface area contributed by atoms with Gasteiger partial charge in [0, 0.05) is 13.1 Å². The van der Waals surface area contributed by atoms with Crippen LogP contribution >= 0.6 is 0 Å². The molecule has 2 aliphatic rings. The highest BCUT2D eigenvalue weighted by atomic mass is 16.5. The Morgan fingerprint density at radius 1 is 1.31 bits per heavy atom. The Balaban J connectivity index is 2.07. The molecule has 13 heavy (non-hydrogen) atoms. The number of hydrogen-bond donors (Lipinski definition) is 1. The van der Waals surface area contributed by atoms with Crippen LogP contribution in [0.15, 0.2) is 0 Å². The molecular weight excluding hydrogens is 162 g/mol. The maximum Gasteiger partial charge on any atom is 0.0835 e. The largest absolute Gasteiger partial charge is 0.369 e. The summed E-state index contributed by atoms with van der Waals surface area (Å²) in [4.78, 5) is 0. The molecule has 2 nitrogen and oxygen atoms in total. The Kier molecular flexibility index (Phi) is 2.61. The number of morpholine rings is 1. The molecule has 1 aliphatic carbocycles. The van der Waals surface area contributed by atoms with Crippen LogP contribution in [0.1, 0.15) is 39.5 Å². The summed E-state index contributed by atoms with van der Waals surface area (Å²) in [5.74, 6) is 0.733.